The van der Waals surface area contributed by atoms with E-state index in [1.807, 2.05) is 19.1 Å². The first-order chi connectivity index (χ1) is 15.4. The Morgan fingerprint density at radius 3 is 2.55 bits per heavy atom. The van der Waals surface area contributed by atoms with E-state index in [4.69, 9.17) is 0 Å². The van der Waals surface area contributed by atoms with Crippen LogP contribution in [0.5, 0.6) is 5.75 Å². The first-order valence-electron chi connectivity index (χ1n) is 10.9. The first-order valence-corrected chi connectivity index (χ1v) is 10.9. The van der Waals surface area contributed by atoms with E-state index in [2.05, 4.69) is 43.0 Å². The number of carbonyl (C=O) groups excluding carboxylic acids is 1. The summed E-state index contributed by atoms with van der Waals surface area (Å²) in [6.07, 6.45) is 10.1. The molecule has 0 aliphatic heterocycles. The van der Waals surface area contributed by atoms with Crippen LogP contribution in [0, 0.1) is 5.41 Å². The van der Waals surface area contributed by atoms with Gasteiger partial charge in [-0.1, -0.05) is 61.4 Å². The molecule has 0 spiro atoms. The number of benzene rings is 1. The lowest BCUT2D eigenvalue weighted by Gasteiger charge is -2.32. The number of nitrogens with one attached hydrogen (secondary N) is 1. The Kier molecular flexibility index (Phi) is 8.91. The van der Waals surface area contributed by atoms with Crippen LogP contribution in [0.3, 0.4) is 0 Å². The third-order valence-corrected chi connectivity index (χ3v) is 5.47. The van der Waals surface area contributed by atoms with E-state index < -0.39 is 18.0 Å². The molecular formula is C27H32F3NO2. The van der Waals surface area contributed by atoms with Crippen molar-refractivity contribution in [2.45, 2.75) is 60.2 Å². The van der Waals surface area contributed by atoms with Gasteiger partial charge >= 0.3 is 6.36 Å². The normalized spacial score (nSPS) is 17.7. The molecule has 0 heterocycles. The van der Waals surface area contributed by atoms with Crippen molar-refractivity contribution < 1.29 is 22.7 Å². The van der Waals surface area contributed by atoms with Crippen molar-refractivity contribution in [1.29, 1.82) is 0 Å². The number of amides is 1. The van der Waals surface area contributed by atoms with E-state index in [-0.39, 0.29) is 11.1 Å². The van der Waals surface area contributed by atoms with Gasteiger partial charge in [-0.15, -0.1) is 13.2 Å². The number of halogens is 3. The van der Waals surface area contributed by atoms with Gasteiger partial charge in [0.05, 0.1) is 0 Å². The number of ether oxygens (including phenoxy) is 1. The van der Waals surface area contributed by atoms with Gasteiger partial charge in [0.2, 0.25) is 5.91 Å². The number of hydrogen-bond acceptors (Lipinski definition) is 2. The summed E-state index contributed by atoms with van der Waals surface area (Å²) in [6.45, 7) is 10.6. The van der Waals surface area contributed by atoms with Gasteiger partial charge < -0.3 is 10.1 Å². The smallest absolute Gasteiger partial charge is 0.406 e. The van der Waals surface area contributed by atoms with Crippen LogP contribution in [-0.4, -0.2) is 12.3 Å². The molecule has 1 aliphatic carbocycles. The number of carbonyl (C=O) groups is 1. The SMILES string of the molecule is CC1=C(/C=C/C(C)=C/C=C/C(C)=C/C(=O)Nc2cccc(OC(F)(F)F)c2)C(C)(C)CCC1. The van der Waals surface area contributed by atoms with Gasteiger partial charge in [0, 0.05) is 17.8 Å². The molecule has 0 radical (unpaired) electrons. The number of allylic oxidation sites excluding steroid dienone is 9. The second kappa shape index (κ2) is 11.2. The minimum atomic E-state index is -4.78. The zero-order chi connectivity index (χ0) is 24.6. The van der Waals surface area contributed by atoms with E-state index in [0.29, 0.717) is 5.57 Å². The van der Waals surface area contributed by atoms with Gasteiger partial charge in [0.25, 0.3) is 0 Å². The zero-order valence-electron chi connectivity index (χ0n) is 19.8. The molecule has 0 saturated carbocycles. The molecule has 178 valence electrons. The van der Waals surface area contributed by atoms with E-state index in [1.54, 1.807) is 13.0 Å². The van der Waals surface area contributed by atoms with Crippen LogP contribution in [0.25, 0.3) is 0 Å². The second-order valence-corrected chi connectivity index (χ2v) is 8.99. The van der Waals surface area contributed by atoms with Crippen molar-refractivity contribution >= 4 is 11.6 Å². The van der Waals surface area contributed by atoms with Gasteiger partial charge in [-0.3, -0.25) is 4.79 Å². The fourth-order valence-corrected chi connectivity index (χ4v) is 3.84. The Hall–Kier alpha value is -3.02. The average Bonchev–Trinajstić information content (AvgIpc) is 2.65. The third-order valence-electron chi connectivity index (χ3n) is 5.47. The summed E-state index contributed by atoms with van der Waals surface area (Å²) in [5.74, 6) is -0.832. The molecule has 3 nitrogen and oxygen atoms in total. The Labute approximate surface area is 194 Å². The monoisotopic (exact) mass is 459 g/mol. The standard InChI is InChI=1S/C27H32F3NO2/c1-19(14-15-24-21(3)11-8-16-26(24,4)5)9-6-10-20(2)17-25(32)31-22-12-7-13-23(18-22)33-27(28,29)30/h6-7,9-10,12-15,17-18H,8,11,16H2,1-5H3,(H,31,32)/b10-6+,15-14+,19-9+,20-17+. The van der Waals surface area contributed by atoms with Gasteiger partial charge in [-0.25, -0.2) is 0 Å². The predicted molar refractivity (Wildman–Crippen MR) is 128 cm³/mol. The highest BCUT2D eigenvalue weighted by Gasteiger charge is 2.31. The largest absolute Gasteiger partial charge is 0.573 e. The summed E-state index contributed by atoms with van der Waals surface area (Å²) in [4.78, 5) is 12.2. The summed E-state index contributed by atoms with van der Waals surface area (Å²) in [6, 6.07) is 5.15. The topological polar surface area (TPSA) is 38.3 Å². The van der Waals surface area contributed by atoms with Gasteiger partial charge in [-0.05, 0) is 68.7 Å². The van der Waals surface area contributed by atoms with Gasteiger partial charge in [0.1, 0.15) is 5.75 Å². The average molecular weight is 460 g/mol. The maximum Gasteiger partial charge on any atom is 0.573 e. The Morgan fingerprint density at radius 2 is 1.88 bits per heavy atom. The molecule has 0 fully saturated rings. The molecule has 0 bridgehead atoms. The predicted octanol–water partition coefficient (Wildman–Crippen LogP) is 8.06. The van der Waals surface area contributed by atoms with Crippen molar-refractivity contribution in [1.82, 2.24) is 0 Å². The Morgan fingerprint density at radius 1 is 1.15 bits per heavy atom. The van der Waals surface area contributed by atoms with Crippen LogP contribution < -0.4 is 10.1 Å². The number of anilines is 1. The molecule has 1 aromatic rings. The lowest BCUT2D eigenvalue weighted by Crippen LogP contribution is -2.19. The van der Waals surface area contributed by atoms with E-state index in [1.165, 1.54) is 48.3 Å². The van der Waals surface area contributed by atoms with E-state index >= 15 is 0 Å². The summed E-state index contributed by atoms with van der Waals surface area (Å²) >= 11 is 0. The van der Waals surface area contributed by atoms with Crippen molar-refractivity contribution in [2.24, 2.45) is 5.41 Å². The molecule has 0 atom stereocenters. The minimum absolute atomic E-state index is 0.194. The van der Waals surface area contributed by atoms with Crippen molar-refractivity contribution in [3.05, 3.63) is 83.0 Å². The summed E-state index contributed by atoms with van der Waals surface area (Å²) in [5, 5.41) is 2.54. The summed E-state index contributed by atoms with van der Waals surface area (Å²) < 4.78 is 40.9. The number of hydrogen-bond donors (Lipinski definition) is 1. The summed E-state index contributed by atoms with van der Waals surface area (Å²) in [5.41, 5.74) is 5.06. The molecular weight excluding hydrogens is 427 g/mol. The third kappa shape index (κ3) is 9.16. The van der Waals surface area contributed by atoms with Crippen molar-refractivity contribution in [2.75, 3.05) is 5.32 Å². The van der Waals surface area contributed by atoms with Crippen LogP contribution in [0.2, 0.25) is 0 Å². The van der Waals surface area contributed by atoms with E-state index in [9.17, 15) is 18.0 Å². The maximum atomic E-state index is 12.3. The highest BCUT2D eigenvalue weighted by molar-refractivity contribution is 6.00. The molecule has 1 amide bonds. The molecule has 1 aromatic carbocycles. The molecule has 0 unspecified atom stereocenters. The van der Waals surface area contributed by atoms with Crippen LogP contribution in [0.15, 0.2) is 83.0 Å². The van der Waals surface area contributed by atoms with Crippen molar-refractivity contribution in [3.8, 4) is 5.75 Å². The number of alkyl halides is 3. The highest BCUT2D eigenvalue weighted by Crippen LogP contribution is 2.40. The quantitative estimate of drug-likeness (QED) is 0.331. The molecule has 1 aliphatic rings. The van der Waals surface area contributed by atoms with Crippen molar-refractivity contribution in [3.63, 3.8) is 0 Å². The lowest BCUT2D eigenvalue weighted by atomic mass is 9.72. The van der Waals surface area contributed by atoms with Crippen LogP contribution >= 0.6 is 0 Å². The fraction of sp³-hybridized carbons (Fsp3) is 0.370. The molecule has 6 heteroatoms. The minimum Gasteiger partial charge on any atom is -0.406 e. The fourth-order valence-electron chi connectivity index (χ4n) is 3.84. The van der Waals surface area contributed by atoms with Crippen LogP contribution in [0.1, 0.15) is 53.9 Å². The van der Waals surface area contributed by atoms with Crippen LogP contribution in [-0.2, 0) is 4.79 Å². The lowest BCUT2D eigenvalue weighted by molar-refractivity contribution is -0.274. The molecule has 0 saturated heterocycles. The Bertz CT molecular complexity index is 1010. The van der Waals surface area contributed by atoms with Gasteiger partial charge in [0.15, 0.2) is 0 Å². The van der Waals surface area contributed by atoms with Gasteiger partial charge in [-0.2, -0.15) is 0 Å². The number of rotatable bonds is 7. The zero-order valence-corrected chi connectivity index (χ0v) is 19.8. The molecule has 1 N–H and O–H groups in total. The maximum absolute atomic E-state index is 12.3. The summed E-state index contributed by atoms with van der Waals surface area (Å²) in [7, 11) is 0. The molecule has 33 heavy (non-hydrogen) atoms. The highest BCUT2D eigenvalue weighted by atomic mass is 19.4. The second-order valence-electron chi connectivity index (χ2n) is 8.99. The van der Waals surface area contributed by atoms with Crippen LogP contribution in [0.4, 0.5) is 18.9 Å². The first kappa shape index (κ1) is 26.2. The van der Waals surface area contributed by atoms with E-state index in [0.717, 1.165) is 18.1 Å². The molecule has 2 rings (SSSR count). The molecule has 0 aromatic heterocycles. The Balaban J connectivity index is 1.97.